The third kappa shape index (κ3) is 2.47. The van der Waals surface area contributed by atoms with Crippen molar-refractivity contribution in [3.63, 3.8) is 0 Å². The van der Waals surface area contributed by atoms with Gasteiger partial charge in [0.15, 0.2) is 21.2 Å². The van der Waals surface area contributed by atoms with Crippen LogP contribution in [0.1, 0.15) is 10.4 Å². The van der Waals surface area contributed by atoms with Crippen LogP contribution in [0.4, 0.5) is 0 Å². The van der Waals surface area contributed by atoms with Crippen molar-refractivity contribution in [3.05, 3.63) is 69.8 Å². The molecule has 0 radical (unpaired) electrons. The normalized spacial score (nSPS) is 10.7. The van der Waals surface area contributed by atoms with Gasteiger partial charge in [-0.25, -0.2) is 4.79 Å². The van der Waals surface area contributed by atoms with E-state index in [1.165, 1.54) is 0 Å². The molecule has 1 N–H and O–H groups in total. The summed E-state index contributed by atoms with van der Waals surface area (Å²) in [7, 11) is 0. The maximum Gasteiger partial charge on any atom is 0.337 e. The van der Waals surface area contributed by atoms with Crippen LogP contribution >= 0.6 is 21.2 Å². The first kappa shape index (κ1) is 13.9. The fraction of sp³-hybridized carbons (Fsp3) is 0. The predicted octanol–water partition coefficient (Wildman–Crippen LogP) is 4.69. The highest BCUT2D eigenvalue weighted by molar-refractivity contribution is 14.1. The summed E-state index contributed by atoms with van der Waals surface area (Å²) in [4.78, 5) is 11.5. The Morgan fingerprint density at radius 2 is 1.62 bits per heavy atom. The van der Waals surface area contributed by atoms with Crippen LogP contribution in [-0.4, -0.2) is 11.1 Å². The van der Waals surface area contributed by atoms with Crippen molar-refractivity contribution >= 4 is 37.9 Å². The van der Waals surface area contributed by atoms with Crippen LogP contribution in [0.5, 0.6) is 0 Å². The lowest BCUT2D eigenvalue weighted by Crippen LogP contribution is -2.01. The molecule has 0 atom stereocenters. The van der Waals surface area contributed by atoms with Crippen molar-refractivity contribution in [2.45, 2.75) is 0 Å². The summed E-state index contributed by atoms with van der Waals surface area (Å²) < 4.78 is 11.7. The summed E-state index contributed by atoms with van der Waals surface area (Å²) in [6, 6.07) is 18.9. The lowest BCUT2D eigenvalue weighted by Gasteiger charge is -2.10. The third-order valence-electron chi connectivity index (χ3n) is 3.39. The highest BCUT2D eigenvalue weighted by atomic mass is 127. The van der Waals surface area contributed by atoms with E-state index in [9.17, 15) is 13.0 Å². The van der Waals surface area contributed by atoms with Gasteiger partial charge in [0, 0.05) is 0 Å². The molecule has 0 fully saturated rings. The molecule has 3 aromatic rings. The van der Waals surface area contributed by atoms with Gasteiger partial charge in [0.2, 0.25) is 0 Å². The molecule has 4 heteroatoms. The fourth-order valence-corrected chi connectivity index (χ4v) is 3.55. The summed E-state index contributed by atoms with van der Waals surface area (Å²) >= 11 is -1.52. The van der Waals surface area contributed by atoms with Gasteiger partial charge in [0.25, 0.3) is 0 Å². The van der Waals surface area contributed by atoms with E-state index in [2.05, 4.69) is 0 Å². The summed E-state index contributed by atoms with van der Waals surface area (Å²) in [5.74, 6) is -1.03. The van der Waals surface area contributed by atoms with Crippen LogP contribution < -0.4 is 0 Å². The molecule has 0 heterocycles. The molecule has 0 aliphatic heterocycles. The van der Waals surface area contributed by atoms with Gasteiger partial charge in [-0.1, -0.05) is 54.6 Å². The monoisotopic (exact) mass is 390 g/mol. The molecule has 0 amide bonds. The number of rotatable bonds is 3. The first-order valence-electron chi connectivity index (χ1n) is 6.34. The Morgan fingerprint density at radius 1 is 0.857 bits per heavy atom. The molecule has 0 unspecified atom stereocenters. The molecule has 0 saturated heterocycles. The molecule has 0 aliphatic rings. The van der Waals surface area contributed by atoms with Crippen molar-refractivity contribution in [1.82, 2.24) is 0 Å². The van der Waals surface area contributed by atoms with Crippen LogP contribution in [0, 0.1) is 3.57 Å². The quantitative estimate of drug-likeness (QED) is 0.661. The zero-order valence-electron chi connectivity index (χ0n) is 10.9. The molecule has 0 bridgehead atoms. The van der Waals surface area contributed by atoms with Crippen molar-refractivity contribution in [2.75, 3.05) is 0 Å². The van der Waals surface area contributed by atoms with E-state index < -0.39 is 27.2 Å². The first-order chi connectivity index (χ1) is 10.2. The Balaban J connectivity index is 2.38. The number of fused-ring (bicyclic) bond motifs is 1. The number of hydrogen-bond donors (Lipinski definition) is 1. The Kier molecular flexibility index (Phi) is 3.79. The summed E-state index contributed by atoms with van der Waals surface area (Å²) in [5.41, 5.74) is 2.17. The average Bonchev–Trinajstić information content (AvgIpc) is 2.53. The van der Waals surface area contributed by atoms with E-state index in [1.54, 1.807) is 12.1 Å². The Morgan fingerprint density at radius 3 is 2.29 bits per heavy atom. The van der Waals surface area contributed by atoms with Crippen LogP contribution in [0.25, 0.3) is 21.9 Å². The smallest absolute Gasteiger partial charge is 0.337 e. The zero-order chi connectivity index (χ0) is 14.8. The number of hydrogen-bond acceptors (Lipinski definition) is 2. The largest absolute Gasteiger partial charge is 0.478 e. The number of halogens is 1. The highest BCUT2D eigenvalue weighted by Gasteiger charge is 2.16. The number of carboxylic acids is 1. The van der Waals surface area contributed by atoms with E-state index in [0.717, 1.165) is 16.5 Å². The fourth-order valence-electron chi connectivity index (χ4n) is 2.48. The Bertz CT molecular complexity index is 841. The minimum Gasteiger partial charge on any atom is -0.478 e. The predicted molar refractivity (Wildman–Crippen MR) is 89.7 cm³/mol. The van der Waals surface area contributed by atoms with Gasteiger partial charge in [-0.2, -0.15) is 0 Å². The molecule has 3 aromatic carbocycles. The second kappa shape index (κ2) is 5.73. The van der Waals surface area contributed by atoms with E-state index in [0.29, 0.717) is 8.96 Å². The summed E-state index contributed by atoms with van der Waals surface area (Å²) in [6.07, 6.45) is 0. The molecular formula is C17H11IO3. The molecule has 0 spiro atoms. The number of carboxylic acid groups (broad SMARTS) is 1. The lowest BCUT2D eigenvalue weighted by atomic mass is 9.96. The van der Waals surface area contributed by atoms with Crippen molar-refractivity contribution in [1.29, 1.82) is 0 Å². The number of aromatic carboxylic acids is 1. The van der Waals surface area contributed by atoms with E-state index >= 15 is 0 Å². The molecule has 104 valence electrons. The third-order valence-corrected chi connectivity index (χ3v) is 4.77. The van der Waals surface area contributed by atoms with E-state index in [-0.39, 0.29) is 5.56 Å². The van der Waals surface area contributed by atoms with Crippen LogP contribution in [0.2, 0.25) is 0 Å². The highest BCUT2D eigenvalue weighted by Crippen LogP contribution is 2.33. The second-order valence-corrected chi connectivity index (χ2v) is 6.17. The van der Waals surface area contributed by atoms with Crippen LogP contribution in [-0.2, 0) is 3.07 Å². The van der Waals surface area contributed by atoms with E-state index in [4.69, 9.17) is 0 Å². The molecule has 0 saturated carbocycles. The van der Waals surface area contributed by atoms with Gasteiger partial charge in [-0.3, -0.25) is 3.07 Å². The molecular weight excluding hydrogens is 379 g/mol. The molecule has 0 aliphatic carbocycles. The first-order valence-corrected chi connectivity index (χ1v) is 8.30. The number of carbonyl (C=O) groups is 1. The minimum absolute atomic E-state index is 0.160. The molecule has 0 aromatic heterocycles. The Hall–Kier alpha value is -2.08. The summed E-state index contributed by atoms with van der Waals surface area (Å²) in [6.45, 7) is 0. The SMILES string of the molecule is O=Ic1ccc2c(-c3ccccc3)cccc2c1C(=O)O. The topological polar surface area (TPSA) is 54.4 Å². The van der Waals surface area contributed by atoms with Gasteiger partial charge in [-0.05, 0) is 28.0 Å². The van der Waals surface area contributed by atoms with Crippen molar-refractivity contribution < 1.29 is 13.0 Å². The van der Waals surface area contributed by atoms with Crippen molar-refractivity contribution in [2.24, 2.45) is 0 Å². The average molecular weight is 390 g/mol. The second-order valence-electron chi connectivity index (χ2n) is 4.57. The number of benzene rings is 3. The van der Waals surface area contributed by atoms with Crippen molar-refractivity contribution in [3.8, 4) is 11.1 Å². The maximum absolute atomic E-state index is 11.5. The summed E-state index contributed by atoms with van der Waals surface area (Å²) in [5, 5.41) is 10.9. The molecule has 3 rings (SSSR count). The Labute approximate surface area is 131 Å². The van der Waals surface area contributed by atoms with Crippen LogP contribution in [0.15, 0.2) is 60.7 Å². The molecule has 3 nitrogen and oxygen atoms in total. The molecule has 21 heavy (non-hydrogen) atoms. The lowest BCUT2D eigenvalue weighted by molar-refractivity contribution is 0.0698. The van der Waals surface area contributed by atoms with Gasteiger partial charge < -0.3 is 5.11 Å². The van der Waals surface area contributed by atoms with Crippen LogP contribution in [0.3, 0.4) is 0 Å². The van der Waals surface area contributed by atoms with Gasteiger partial charge in [0.1, 0.15) is 0 Å². The minimum atomic E-state index is -1.52. The van der Waals surface area contributed by atoms with E-state index in [1.807, 2.05) is 48.5 Å². The maximum atomic E-state index is 11.5. The van der Waals surface area contributed by atoms with Gasteiger partial charge in [-0.15, -0.1) is 0 Å². The van der Waals surface area contributed by atoms with Gasteiger partial charge in [0.05, 0.1) is 9.13 Å². The van der Waals surface area contributed by atoms with Gasteiger partial charge >= 0.3 is 5.97 Å². The zero-order valence-corrected chi connectivity index (χ0v) is 13.1. The standard InChI is InChI=1S/C17H11IO3/c19-17(20)16-14-8-4-7-12(11-5-2-1-3-6-11)13(14)9-10-15(16)18-21/h1-10H,(H,19,20).